The number of piperidine rings is 1. The third-order valence-electron chi connectivity index (χ3n) is 6.22. The summed E-state index contributed by atoms with van der Waals surface area (Å²) in [5.41, 5.74) is 3.18. The first-order chi connectivity index (χ1) is 16.1. The van der Waals surface area contributed by atoms with Gasteiger partial charge in [-0.1, -0.05) is 55.8 Å². The van der Waals surface area contributed by atoms with Crippen LogP contribution in [0.4, 0.5) is 0 Å². The largest absolute Gasteiger partial charge is 0.452 e. The lowest BCUT2D eigenvalue weighted by atomic mass is 9.98. The molecule has 184 valence electrons. The van der Waals surface area contributed by atoms with Gasteiger partial charge in [0, 0.05) is 19.6 Å². The van der Waals surface area contributed by atoms with Crippen molar-refractivity contribution in [3.8, 4) is 0 Å². The molecule has 1 N–H and O–H groups in total. The van der Waals surface area contributed by atoms with Crippen LogP contribution in [0.15, 0.2) is 53.4 Å². The molecule has 34 heavy (non-hydrogen) atoms. The third-order valence-corrected chi connectivity index (χ3v) is 8.13. The van der Waals surface area contributed by atoms with Gasteiger partial charge in [0.2, 0.25) is 10.0 Å². The number of amides is 1. The summed E-state index contributed by atoms with van der Waals surface area (Å²) in [6.07, 6.45) is -0.196. The molecule has 0 spiro atoms. The van der Waals surface area contributed by atoms with Crippen LogP contribution in [0.25, 0.3) is 0 Å². The van der Waals surface area contributed by atoms with Crippen LogP contribution < -0.4 is 5.32 Å². The summed E-state index contributed by atoms with van der Waals surface area (Å²) in [6, 6.07) is 14.8. The Bertz CT molecular complexity index is 1090. The molecule has 3 rings (SSSR count). The van der Waals surface area contributed by atoms with Gasteiger partial charge in [0.1, 0.15) is 0 Å². The molecule has 7 nitrogen and oxygen atoms in total. The highest BCUT2D eigenvalue weighted by molar-refractivity contribution is 7.89. The molecule has 2 aromatic rings. The molecule has 1 atom stereocenters. The number of sulfonamides is 1. The van der Waals surface area contributed by atoms with Crippen LogP contribution in [0.2, 0.25) is 0 Å². The molecule has 0 bridgehead atoms. The Morgan fingerprint density at radius 1 is 1.00 bits per heavy atom. The molecule has 0 aromatic heterocycles. The Hall–Kier alpha value is -2.71. The van der Waals surface area contributed by atoms with Crippen molar-refractivity contribution in [2.75, 3.05) is 13.1 Å². The number of hydrogen-bond donors (Lipinski definition) is 1. The zero-order valence-corrected chi connectivity index (χ0v) is 21.1. The second kappa shape index (κ2) is 11.1. The number of rotatable bonds is 8. The molecular formula is C26H34N2O5S. The lowest BCUT2D eigenvalue weighted by molar-refractivity contribution is -0.159. The average Bonchev–Trinajstić information content (AvgIpc) is 2.83. The van der Waals surface area contributed by atoms with Gasteiger partial charge < -0.3 is 10.1 Å². The fourth-order valence-electron chi connectivity index (χ4n) is 3.87. The molecule has 1 heterocycles. The van der Waals surface area contributed by atoms with Crippen molar-refractivity contribution < 1.29 is 22.7 Å². The van der Waals surface area contributed by atoms with E-state index in [1.54, 1.807) is 19.1 Å². The number of esters is 1. The van der Waals surface area contributed by atoms with E-state index in [4.69, 9.17) is 4.74 Å². The number of hydrogen-bond acceptors (Lipinski definition) is 5. The van der Waals surface area contributed by atoms with Crippen LogP contribution in [0.1, 0.15) is 56.2 Å². The predicted octanol–water partition coefficient (Wildman–Crippen LogP) is 3.77. The number of aryl methyl sites for hydroxylation is 1. The fourth-order valence-corrected chi connectivity index (χ4v) is 5.34. The summed E-state index contributed by atoms with van der Waals surface area (Å²) in [6.45, 7) is 8.49. The van der Waals surface area contributed by atoms with E-state index in [0.29, 0.717) is 25.3 Å². The zero-order valence-electron chi connectivity index (χ0n) is 20.3. The van der Waals surface area contributed by atoms with Crippen molar-refractivity contribution in [2.24, 2.45) is 5.92 Å². The standard InChI is InChI=1S/C26H34N2O5S/c1-18(2)22-9-11-24(12-10-22)34(31,32)28-15-13-23(14-16-28)26(30)33-20(4)25(29)27-17-21-7-5-19(3)6-8-21/h5-12,18,20,23H,13-17H2,1-4H3,(H,27,29). The van der Waals surface area contributed by atoms with E-state index < -0.39 is 28.0 Å². The molecule has 1 aliphatic heterocycles. The van der Waals surface area contributed by atoms with Crippen molar-refractivity contribution in [2.45, 2.75) is 64.0 Å². The Balaban J connectivity index is 1.48. The van der Waals surface area contributed by atoms with Gasteiger partial charge in [0.05, 0.1) is 10.8 Å². The molecule has 2 aromatic carbocycles. The molecule has 0 radical (unpaired) electrons. The van der Waals surface area contributed by atoms with Gasteiger partial charge in [0.25, 0.3) is 5.91 Å². The summed E-state index contributed by atoms with van der Waals surface area (Å²) in [5.74, 6) is -0.928. The lowest BCUT2D eigenvalue weighted by Gasteiger charge is -2.30. The lowest BCUT2D eigenvalue weighted by Crippen LogP contribution is -2.42. The van der Waals surface area contributed by atoms with Gasteiger partial charge >= 0.3 is 5.97 Å². The first kappa shape index (κ1) is 25.9. The van der Waals surface area contributed by atoms with Crippen molar-refractivity contribution in [1.82, 2.24) is 9.62 Å². The highest BCUT2D eigenvalue weighted by Crippen LogP contribution is 2.26. The molecular weight excluding hydrogens is 452 g/mol. The minimum atomic E-state index is -3.61. The van der Waals surface area contributed by atoms with E-state index in [9.17, 15) is 18.0 Å². The number of benzene rings is 2. The molecule has 1 aliphatic rings. The van der Waals surface area contributed by atoms with Crippen molar-refractivity contribution in [1.29, 1.82) is 0 Å². The summed E-state index contributed by atoms with van der Waals surface area (Å²) in [4.78, 5) is 25.2. The van der Waals surface area contributed by atoms with Gasteiger partial charge in [-0.25, -0.2) is 8.42 Å². The second-order valence-electron chi connectivity index (χ2n) is 9.18. The van der Waals surface area contributed by atoms with Gasteiger partial charge in [-0.05, 0) is 55.9 Å². The minimum Gasteiger partial charge on any atom is -0.452 e. The number of ether oxygens (including phenoxy) is 1. The van der Waals surface area contributed by atoms with Crippen molar-refractivity contribution in [3.63, 3.8) is 0 Å². The molecule has 1 saturated heterocycles. The molecule has 1 amide bonds. The van der Waals surface area contributed by atoms with Crippen molar-refractivity contribution >= 4 is 21.9 Å². The highest BCUT2D eigenvalue weighted by Gasteiger charge is 2.34. The smallest absolute Gasteiger partial charge is 0.309 e. The van der Waals surface area contributed by atoms with E-state index in [2.05, 4.69) is 19.2 Å². The zero-order chi connectivity index (χ0) is 24.9. The summed E-state index contributed by atoms with van der Waals surface area (Å²) in [7, 11) is -3.61. The maximum absolute atomic E-state index is 13.0. The number of nitrogens with one attached hydrogen (secondary N) is 1. The Kier molecular flexibility index (Phi) is 8.49. The monoisotopic (exact) mass is 486 g/mol. The Labute approximate surface area is 202 Å². The van der Waals surface area contributed by atoms with Crippen LogP contribution in [0, 0.1) is 12.8 Å². The Morgan fingerprint density at radius 3 is 2.15 bits per heavy atom. The summed E-state index contributed by atoms with van der Waals surface area (Å²) < 4.78 is 32.7. The van der Waals surface area contributed by atoms with E-state index >= 15 is 0 Å². The normalized spacial score (nSPS) is 16.3. The van der Waals surface area contributed by atoms with Gasteiger partial charge in [-0.3, -0.25) is 9.59 Å². The summed E-state index contributed by atoms with van der Waals surface area (Å²) >= 11 is 0. The first-order valence-corrected chi connectivity index (χ1v) is 13.2. The van der Waals surface area contributed by atoms with Gasteiger partial charge in [-0.15, -0.1) is 0 Å². The van der Waals surface area contributed by atoms with E-state index in [1.807, 2.05) is 43.3 Å². The average molecular weight is 487 g/mol. The fraction of sp³-hybridized carbons (Fsp3) is 0.462. The Morgan fingerprint density at radius 2 is 1.59 bits per heavy atom. The maximum atomic E-state index is 13.0. The quantitative estimate of drug-likeness (QED) is 0.574. The van der Waals surface area contributed by atoms with Crippen LogP contribution >= 0.6 is 0 Å². The second-order valence-corrected chi connectivity index (χ2v) is 11.1. The maximum Gasteiger partial charge on any atom is 0.309 e. The molecule has 0 saturated carbocycles. The van der Waals surface area contributed by atoms with Crippen LogP contribution in [0.5, 0.6) is 0 Å². The number of carbonyl (C=O) groups excluding carboxylic acids is 2. The van der Waals surface area contributed by atoms with Crippen LogP contribution in [-0.4, -0.2) is 43.8 Å². The molecule has 1 fully saturated rings. The van der Waals surface area contributed by atoms with Crippen LogP contribution in [0.3, 0.4) is 0 Å². The minimum absolute atomic E-state index is 0.238. The van der Waals surface area contributed by atoms with Crippen LogP contribution in [-0.2, 0) is 30.9 Å². The van der Waals surface area contributed by atoms with Gasteiger partial charge in [-0.2, -0.15) is 4.31 Å². The third kappa shape index (κ3) is 6.45. The predicted molar refractivity (Wildman–Crippen MR) is 131 cm³/mol. The van der Waals surface area contributed by atoms with E-state index in [0.717, 1.165) is 16.7 Å². The summed E-state index contributed by atoms with van der Waals surface area (Å²) in [5, 5.41) is 2.78. The number of nitrogens with zero attached hydrogens (tertiary/aromatic N) is 1. The first-order valence-electron chi connectivity index (χ1n) is 11.7. The van der Waals surface area contributed by atoms with Gasteiger partial charge in [0.15, 0.2) is 6.10 Å². The van der Waals surface area contributed by atoms with E-state index in [-0.39, 0.29) is 23.9 Å². The topological polar surface area (TPSA) is 92.8 Å². The molecule has 8 heteroatoms. The highest BCUT2D eigenvalue weighted by atomic mass is 32.2. The molecule has 0 aliphatic carbocycles. The number of carbonyl (C=O) groups is 2. The molecule has 1 unspecified atom stereocenters. The van der Waals surface area contributed by atoms with Crippen molar-refractivity contribution in [3.05, 3.63) is 65.2 Å². The van der Waals surface area contributed by atoms with E-state index in [1.165, 1.54) is 4.31 Å². The SMILES string of the molecule is Cc1ccc(CNC(=O)C(C)OC(=O)C2CCN(S(=O)(=O)c3ccc(C(C)C)cc3)CC2)cc1.